The van der Waals surface area contributed by atoms with Gasteiger partial charge in [0.15, 0.2) is 0 Å². The third-order valence-electron chi connectivity index (χ3n) is 27.5. The molecule has 0 aliphatic carbocycles. The zero-order valence-electron chi connectivity index (χ0n) is 80.1. The molecule has 5 fully saturated rings. The molecule has 33 heteroatoms. The first-order valence-electron chi connectivity index (χ1n) is 48.2. The maximum Gasteiger partial charge on any atom is 0.258 e. The Bertz CT molecular complexity index is 8230. The molecule has 140 heavy (non-hydrogen) atoms. The lowest BCUT2D eigenvalue weighted by atomic mass is 9.90. The Hall–Kier alpha value is -15.6. The summed E-state index contributed by atoms with van der Waals surface area (Å²) in [4.78, 5) is 117. The van der Waals surface area contributed by atoms with E-state index < -0.39 is 0 Å². The zero-order chi connectivity index (χ0) is 96.1. The molecule has 5 saturated heterocycles. The first-order chi connectivity index (χ1) is 68.0. The first-order valence-corrected chi connectivity index (χ1v) is 48.2. The largest absolute Gasteiger partial charge is 0.368 e. The van der Waals surface area contributed by atoms with E-state index in [1.54, 1.807) is 52.3 Å². The summed E-state index contributed by atoms with van der Waals surface area (Å²) >= 11 is 0. The Kier molecular flexibility index (Phi) is 25.2. The SMILES string of the molecule is C[C@H]1CN(c2ccc3nc(-c4ccc5c(cnn5C)c4)cc(=O)n3c2)CCN1.Cc1cn2cc(-c3cc(=O)n4cc(C5CCN(C(C)C)CC5)ccc4n3)ccc2n1.Cc1cn2ccc(-c3cc(=O)n4cc(C5CCNCC5)ccc4n3)cc2n1.Cc1cn2ccc(-c3cc(=O)n4cc(N5CCN(C)CC5)ccc4n3)cc2n1.Cc1cn2ccc(-c3cc(=O)n4cc(N5CCNCC5)ccc4n3)cc2n1. The number of rotatable bonds is 11. The van der Waals surface area contributed by atoms with E-state index in [0.29, 0.717) is 80.6 Å². The number of aromatic nitrogens is 20. The minimum absolute atomic E-state index is 0.0432. The van der Waals surface area contributed by atoms with Crippen molar-refractivity contribution in [3.05, 3.63) is 330 Å². The van der Waals surface area contributed by atoms with Gasteiger partial charge >= 0.3 is 0 Å². The van der Waals surface area contributed by atoms with Crippen molar-refractivity contribution in [2.45, 2.75) is 98.1 Å². The predicted octanol–water partition coefficient (Wildman–Crippen LogP) is 12.5. The summed E-state index contributed by atoms with van der Waals surface area (Å²) < 4.78 is 18.0. The van der Waals surface area contributed by atoms with Gasteiger partial charge in [-0.15, -0.1) is 0 Å². The van der Waals surface area contributed by atoms with Gasteiger partial charge in [-0.3, -0.25) is 50.7 Å². The van der Waals surface area contributed by atoms with Gasteiger partial charge in [0, 0.05) is 235 Å². The molecule has 1 aromatic carbocycles. The molecule has 5 aliphatic rings. The monoisotopic (exact) mass is 1870 g/mol. The quantitative estimate of drug-likeness (QED) is 0.108. The first kappa shape index (κ1) is 90.9. The van der Waals surface area contributed by atoms with Crippen molar-refractivity contribution in [1.82, 2.24) is 120 Å². The molecule has 0 amide bonds. The molecule has 19 aromatic heterocycles. The van der Waals surface area contributed by atoms with Gasteiger partial charge in [-0.1, -0.05) is 18.2 Å². The van der Waals surface area contributed by atoms with Crippen LogP contribution in [0.5, 0.6) is 0 Å². The van der Waals surface area contributed by atoms with Gasteiger partial charge < -0.3 is 58.1 Å². The van der Waals surface area contributed by atoms with Crippen LogP contribution in [0.4, 0.5) is 17.1 Å². The molecule has 1 atom stereocenters. The normalized spacial score (nSPS) is 16.0. The fraction of sp³-hybridized carbons (Fsp3) is 0.299. The number of pyridine rings is 9. The summed E-state index contributed by atoms with van der Waals surface area (Å²) in [5.41, 5.74) is 24.8. The van der Waals surface area contributed by atoms with Crippen LogP contribution >= 0.6 is 0 Å². The Morgan fingerprint density at radius 2 is 0.707 bits per heavy atom. The molecule has 0 bridgehead atoms. The van der Waals surface area contributed by atoms with Crippen LogP contribution in [0.2, 0.25) is 0 Å². The molecule has 25 rings (SSSR count). The van der Waals surface area contributed by atoms with E-state index in [0.717, 1.165) is 225 Å². The summed E-state index contributed by atoms with van der Waals surface area (Å²) in [6, 6.07) is 50.9. The van der Waals surface area contributed by atoms with E-state index in [-0.39, 0.29) is 27.8 Å². The Labute approximate surface area is 805 Å². The highest BCUT2D eigenvalue weighted by Gasteiger charge is 2.26. The van der Waals surface area contributed by atoms with Crippen LogP contribution in [0.15, 0.2) is 268 Å². The highest BCUT2D eigenvalue weighted by molar-refractivity contribution is 5.84. The number of nitrogens with one attached hydrogen (secondary N) is 3. The highest BCUT2D eigenvalue weighted by Crippen LogP contribution is 2.33. The van der Waals surface area contributed by atoms with Gasteiger partial charge in [0.1, 0.15) is 50.8 Å². The van der Waals surface area contributed by atoms with Crippen molar-refractivity contribution in [1.29, 1.82) is 0 Å². The zero-order valence-corrected chi connectivity index (χ0v) is 80.1. The molecule has 3 N–H and O–H groups in total. The minimum Gasteiger partial charge on any atom is -0.368 e. The Balaban J connectivity index is 0.000000104. The average Bonchev–Trinajstić information content (AvgIpc) is 1.41. The number of fused-ring (bicyclic) bond motifs is 10. The molecule has 0 saturated carbocycles. The maximum atomic E-state index is 12.9. The summed E-state index contributed by atoms with van der Waals surface area (Å²) in [7, 11) is 4.05. The van der Waals surface area contributed by atoms with Crippen molar-refractivity contribution in [2.75, 3.05) is 120 Å². The number of aryl methyl sites for hydroxylation is 5. The van der Waals surface area contributed by atoms with Crippen LogP contribution in [-0.2, 0) is 7.05 Å². The van der Waals surface area contributed by atoms with E-state index in [1.807, 2.05) is 253 Å². The molecule has 5 aliphatic heterocycles. The second-order valence-electron chi connectivity index (χ2n) is 37.7. The molecular weight excluding hydrogens is 1760 g/mol. The van der Waals surface area contributed by atoms with E-state index in [4.69, 9.17) is 24.9 Å². The summed E-state index contributed by atoms with van der Waals surface area (Å²) in [6.45, 7) is 29.4. The topological polar surface area (TPSA) is 311 Å². The van der Waals surface area contributed by atoms with Crippen LogP contribution in [0.25, 0.3) is 118 Å². The third kappa shape index (κ3) is 19.4. The van der Waals surface area contributed by atoms with Crippen LogP contribution in [0.1, 0.15) is 92.2 Å². The lowest BCUT2D eigenvalue weighted by Crippen LogP contribution is -2.49. The van der Waals surface area contributed by atoms with E-state index in [9.17, 15) is 24.0 Å². The highest BCUT2D eigenvalue weighted by atomic mass is 16.1. The van der Waals surface area contributed by atoms with Crippen molar-refractivity contribution < 1.29 is 0 Å². The van der Waals surface area contributed by atoms with Gasteiger partial charge in [0.25, 0.3) is 27.8 Å². The smallest absolute Gasteiger partial charge is 0.258 e. The maximum absolute atomic E-state index is 12.9. The fourth-order valence-electron chi connectivity index (χ4n) is 19.8. The number of hydrogen-bond donors (Lipinski definition) is 3. The number of anilines is 3. The van der Waals surface area contributed by atoms with Gasteiger partial charge in [0.2, 0.25) is 0 Å². The summed E-state index contributed by atoms with van der Waals surface area (Å²) in [5.74, 6) is 1.01. The lowest BCUT2D eigenvalue weighted by Gasteiger charge is -2.34. The van der Waals surface area contributed by atoms with Crippen molar-refractivity contribution in [2.24, 2.45) is 7.05 Å². The number of piperidine rings is 2. The van der Waals surface area contributed by atoms with Gasteiger partial charge in [-0.2, -0.15) is 5.10 Å². The predicted molar refractivity (Wildman–Crippen MR) is 551 cm³/mol. The number of imidazole rings is 4. The fourth-order valence-corrected chi connectivity index (χ4v) is 19.8. The molecule has 33 nitrogen and oxygen atoms in total. The van der Waals surface area contributed by atoms with Gasteiger partial charge in [-0.25, -0.2) is 44.9 Å². The second kappa shape index (κ2) is 38.8. The number of hydrogen-bond acceptors (Lipinski definition) is 23. The number of likely N-dealkylation sites (N-methyl/N-ethyl adjacent to an activating group) is 1. The standard InChI is InChI=1S/C24H27N5O.2C21H22N6O.C21H21N5O.C20H20N6O/c1-16(2)27-10-8-18(9-11-27)19-4-7-23-26-21(12-24(30)29(23)15-19)20-5-6-22-25-17(3)13-28(22)14-20;1-14-12-26(8-7-22-14)17-4-6-20-24-18(10-21(28)27(20)13-17)15-3-5-19-16(9-15)11-23-25(19)2;1-15-13-26-6-5-16(11-20(26)22-15)18-12-21(28)27-14-17(3-4-19(27)23-18)25-9-7-24(2)8-10-25;1-14-12-25-9-6-16(10-20(25)23-14)18-11-21(27)26-13-17(2-3-19(26)24-18)15-4-7-22-8-5-15;1-14-12-25-7-4-15(10-19(25)22-14)17-11-20(27)26-13-16(2-3-18(26)23-17)24-8-5-21-6-9-24/h4-7,12-16,18H,8-11H2,1-3H3;3-6,9-11,13-14,22H,7-8,12H2,1-2H3;3-6,11-14H,7-10H2,1-2H3;2-3,6,9-13,15,22H,4-5,7-8H2,1H3;2-4,7,10-13,21H,5-6,8-9H2,1H3/t;14-;;;/m.0.../s1. The van der Waals surface area contributed by atoms with E-state index in [2.05, 4.69) is 112 Å². The van der Waals surface area contributed by atoms with Crippen molar-refractivity contribution in [3.8, 4) is 56.3 Å². The van der Waals surface area contributed by atoms with E-state index >= 15 is 0 Å². The Morgan fingerprint density at radius 1 is 0.329 bits per heavy atom. The molecular formula is C107H112N28O5. The van der Waals surface area contributed by atoms with Gasteiger partial charge in [0.05, 0.1) is 80.0 Å². The summed E-state index contributed by atoms with van der Waals surface area (Å²) in [6.07, 6.45) is 31.7. The van der Waals surface area contributed by atoms with Crippen LogP contribution in [-0.4, -0.2) is 221 Å². The minimum atomic E-state index is -0.0774. The molecule has 0 unspecified atom stereocenters. The molecule has 710 valence electrons. The Morgan fingerprint density at radius 3 is 1.16 bits per heavy atom. The molecule has 0 spiro atoms. The second-order valence-corrected chi connectivity index (χ2v) is 37.7. The van der Waals surface area contributed by atoms with Crippen LogP contribution < -0.4 is 58.4 Å². The molecule has 0 radical (unpaired) electrons. The number of nitrogens with zero attached hydrogens (tertiary/aromatic N) is 25. The lowest BCUT2D eigenvalue weighted by molar-refractivity contribution is 0.172. The third-order valence-corrected chi connectivity index (χ3v) is 27.5. The van der Waals surface area contributed by atoms with Crippen LogP contribution in [0, 0.1) is 27.7 Å². The number of likely N-dealkylation sites (tertiary alicyclic amines) is 1. The molecule has 24 heterocycles. The van der Waals surface area contributed by atoms with Gasteiger partial charge in [-0.05, 0) is 240 Å². The molecule has 20 aromatic rings. The number of benzene rings is 1. The summed E-state index contributed by atoms with van der Waals surface area (Å²) in [5, 5.41) is 15.5. The number of piperazine rings is 3. The van der Waals surface area contributed by atoms with Crippen LogP contribution in [0.3, 0.4) is 0 Å². The van der Waals surface area contributed by atoms with Crippen molar-refractivity contribution >= 4 is 78.8 Å². The van der Waals surface area contributed by atoms with E-state index in [1.165, 1.54) is 11.1 Å². The van der Waals surface area contributed by atoms with Crippen molar-refractivity contribution in [3.63, 3.8) is 0 Å². The average molecular weight is 1870 g/mol.